The fourth-order valence-electron chi connectivity index (χ4n) is 4.00. The van der Waals surface area contributed by atoms with Crippen molar-refractivity contribution < 1.29 is 9.53 Å². The van der Waals surface area contributed by atoms with Crippen LogP contribution in [0.5, 0.6) is 5.75 Å². The summed E-state index contributed by atoms with van der Waals surface area (Å²) in [5.41, 5.74) is 3.02. The van der Waals surface area contributed by atoms with Gasteiger partial charge >= 0.3 is 6.03 Å². The van der Waals surface area contributed by atoms with E-state index in [2.05, 4.69) is 34.1 Å². The third-order valence-electron chi connectivity index (χ3n) is 5.82. The summed E-state index contributed by atoms with van der Waals surface area (Å²) >= 11 is 0. The van der Waals surface area contributed by atoms with Crippen LogP contribution in [-0.4, -0.2) is 58.7 Å². The molecule has 1 fully saturated rings. The second-order valence-corrected chi connectivity index (χ2v) is 7.78. The Hall–Kier alpha value is -3.12. The molecule has 156 valence electrons. The molecule has 0 N–H and O–H groups in total. The Labute approximate surface area is 177 Å². The molecule has 1 saturated heterocycles. The molecular weight excluding hydrogens is 376 g/mol. The van der Waals surface area contributed by atoms with Gasteiger partial charge in [0.05, 0.1) is 12.8 Å². The van der Waals surface area contributed by atoms with E-state index >= 15 is 0 Å². The highest BCUT2D eigenvalue weighted by molar-refractivity contribution is 5.78. The second kappa shape index (κ2) is 9.13. The van der Waals surface area contributed by atoms with E-state index in [4.69, 9.17) is 4.74 Å². The summed E-state index contributed by atoms with van der Waals surface area (Å²) in [5.74, 6) is 0.771. The van der Waals surface area contributed by atoms with Gasteiger partial charge in [0.25, 0.3) is 0 Å². The number of imidazole rings is 1. The molecule has 0 unspecified atom stereocenters. The largest absolute Gasteiger partial charge is 0.497 e. The molecule has 0 aliphatic carbocycles. The predicted octanol–water partition coefficient (Wildman–Crippen LogP) is 4.12. The van der Waals surface area contributed by atoms with Crippen molar-refractivity contribution in [2.45, 2.75) is 25.4 Å². The fourth-order valence-corrected chi connectivity index (χ4v) is 4.00. The number of carbonyl (C=O) groups excluding carboxylic acids is 1. The molecule has 0 atom stereocenters. The van der Waals surface area contributed by atoms with Crippen molar-refractivity contribution in [3.63, 3.8) is 0 Å². The highest BCUT2D eigenvalue weighted by Crippen LogP contribution is 2.23. The molecule has 1 aromatic heterocycles. The summed E-state index contributed by atoms with van der Waals surface area (Å²) in [5, 5.41) is 0. The number of hydrogen-bond donors (Lipinski definition) is 0. The molecule has 1 aliphatic heterocycles. The Bertz CT molecular complexity index is 978. The number of carbonyl (C=O) groups is 1. The van der Waals surface area contributed by atoms with Gasteiger partial charge < -0.3 is 9.64 Å². The molecule has 3 aromatic rings. The highest BCUT2D eigenvalue weighted by atomic mass is 16.5. The van der Waals surface area contributed by atoms with Gasteiger partial charge in [0.2, 0.25) is 0 Å². The maximum Gasteiger partial charge on any atom is 0.329 e. The van der Waals surface area contributed by atoms with Crippen LogP contribution in [-0.2, 0) is 6.54 Å². The summed E-state index contributed by atoms with van der Waals surface area (Å²) < 4.78 is 6.86. The molecular formula is C24H28N4O2. The molecule has 0 radical (unpaired) electrons. The van der Waals surface area contributed by atoms with Crippen molar-refractivity contribution in [1.82, 2.24) is 19.4 Å². The lowest BCUT2D eigenvalue weighted by molar-refractivity contribution is 0.132. The van der Waals surface area contributed by atoms with Crippen LogP contribution in [0.2, 0.25) is 0 Å². The van der Waals surface area contributed by atoms with Crippen LogP contribution in [0.4, 0.5) is 4.79 Å². The van der Waals surface area contributed by atoms with Gasteiger partial charge in [-0.25, -0.2) is 9.78 Å². The van der Waals surface area contributed by atoms with Crippen LogP contribution in [0.3, 0.4) is 0 Å². The van der Waals surface area contributed by atoms with Crippen molar-refractivity contribution in [1.29, 1.82) is 0 Å². The lowest BCUT2D eigenvalue weighted by atomic mass is 10.0. The predicted molar refractivity (Wildman–Crippen MR) is 118 cm³/mol. The summed E-state index contributed by atoms with van der Waals surface area (Å²) in [6.07, 6.45) is 5.34. The lowest BCUT2D eigenvalue weighted by Gasteiger charge is -2.36. The minimum atomic E-state index is -0.0434. The molecule has 4 rings (SSSR count). The first-order chi connectivity index (χ1) is 14.6. The van der Waals surface area contributed by atoms with E-state index in [1.54, 1.807) is 24.2 Å². The number of methoxy groups -OCH3 is 1. The Morgan fingerprint density at radius 2 is 1.90 bits per heavy atom. The summed E-state index contributed by atoms with van der Waals surface area (Å²) in [6.45, 7) is 2.96. The number of benzene rings is 2. The summed E-state index contributed by atoms with van der Waals surface area (Å²) in [4.78, 5) is 21.7. The fraction of sp³-hybridized carbons (Fsp3) is 0.333. The molecule has 6 nitrogen and oxygen atoms in total. The number of amides is 1. The van der Waals surface area contributed by atoms with Crippen molar-refractivity contribution >= 4 is 6.03 Å². The van der Waals surface area contributed by atoms with E-state index in [1.807, 2.05) is 42.3 Å². The van der Waals surface area contributed by atoms with Crippen molar-refractivity contribution in [3.8, 4) is 17.0 Å². The first kappa shape index (κ1) is 20.2. The standard InChI is InChI=1S/C24H28N4O2/c1-26(21-11-13-27(14-12-21)16-19-7-4-3-5-8-19)24(29)28-17-23(25-18-28)20-9-6-10-22(15-20)30-2/h3-10,15,17-18,21H,11-14,16H2,1-2H3. The van der Waals surface area contributed by atoms with Crippen molar-refractivity contribution in [3.05, 3.63) is 72.7 Å². The third-order valence-corrected chi connectivity index (χ3v) is 5.82. The molecule has 0 saturated carbocycles. The zero-order chi connectivity index (χ0) is 20.9. The monoisotopic (exact) mass is 404 g/mol. The minimum Gasteiger partial charge on any atom is -0.497 e. The number of ether oxygens (including phenoxy) is 1. The van der Waals surface area contributed by atoms with Crippen LogP contribution in [0.25, 0.3) is 11.3 Å². The van der Waals surface area contributed by atoms with Crippen LogP contribution < -0.4 is 4.74 Å². The first-order valence-electron chi connectivity index (χ1n) is 10.4. The lowest BCUT2D eigenvalue weighted by Crippen LogP contribution is -2.46. The Balaban J connectivity index is 1.36. The van der Waals surface area contributed by atoms with Crippen LogP contribution in [0, 0.1) is 0 Å². The molecule has 30 heavy (non-hydrogen) atoms. The Kier molecular flexibility index (Phi) is 6.14. The number of piperidine rings is 1. The topological polar surface area (TPSA) is 50.6 Å². The third kappa shape index (κ3) is 4.54. The van der Waals surface area contributed by atoms with Crippen molar-refractivity contribution in [2.75, 3.05) is 27.2 Å². The van der Waals surface area contributed by atoms with E-state index in [1.165, 1.54) is 5.56 Å². The SMILES string of the molecule is COc1cccc(-c2cn(C(=O)N(C)C3CCN(Cc4ccccc4)CC3)cn2)c1. The number of aromatic nitrogens is 2. The van der Waals surface area contributed by atoms with Crippen molar-refractivity contribution in [2.24, 2.45) is 0 Å². The number of hydrogen-bond acceptors (Lipinski definition) is 4. The molecule has 1 aliphatic rings. The van der Waals surface area contributed by atoms with Gasteiger partial charge in [0.1, 0.15) is 12.1 Å². The smallest absolute Gasteiger partial charge is 0.329 e. The molecule has 2 heterocycles. The van der Waals surface area contributed by atoms with E-state index in [-0.39, 0.29) is 12.1 Å². The maximum atomic E-state index is 13.0. The number of likely N-dealkylation sites (tertiary alicyclic amines) is 1. The van der Waals surface area contributed by atoms with E-state index in [0.29, 0.717) is 0 Å². The van der Waals surface area contributed by atoms with E-state index in [9.17, 15) is 4.79 Å². The van der Waals surface area contributed by atoms with Gasteiger partial charge in [0, 0.05) is 44.5 Å². The Morgan fingerprint density at radius 3 is 2.63 bits per heavy atom. The minimum absolute atomic E-state index is 0.0434. The number of nitrogens with zero attached hydrogens (tertiary/aromatic N) is 4. The van der Waals surface area contributed by atoms with Gasteiger partial charge in [0.15, 0.2) is 0 Å². The van der Waals surface area contributed by atoms with Gasteiger partial charge in [-0.1, -0.05) is 42.5 Å². The molecule has 6 heteroatoms. The van der Waals surface area contributed by atoms with Gasteiger partial charge in [-0.3, -0.25) is 9.47 Å². The van der Waals surface area contributed by atoms with Gasteiger partial charge in [-0.05, 0) is 30.5 Å². The quantitative estimate of drug-likeness (QED) is 0.642. The maximum absolute atomic E-state index is 13.0. The first-order valence-corrected chi connectivity index (χ1v) is 10.4. The number of rotatable bonds is 5. The molecule has 1 amide bonds. The molecule has 2 aromatic carbocycles. The van der Waals surface area contributed by atoms with E-state index < -0.39 is 0 Å². The van der Waals surface area contributed by atoms with Gasteiger partial charge in [-0.15, -0.1) is 0 Å². The van der Waals surface area contributed by atoms with Crippen LogP contribution >= 0.6 is 0 Å². The second-order valence-electron chi connectivity index (χ2n) is 7.78. The zero-order valence-electron chi connectivity index (χ0n) is 17.6. The Morgan fingerprint density at radius 1 is 1.13 bits per heavy atom. The molecule has 0 bridgehead atoms. The van der Waals surface area contributed by atoms with E-state index in [0.717, 1.165) is 49.5 Å². The average Bonchev–Trinajstić information content (AvgIpc) is 3.30. The average molecular weight is 405 g/mol. The normalized spacial score (nSPS) is 15.1. The zero-order valence-corrected chi connectivity index (χ0v) is 17.6. The van der Waals surface area contributed by atoms with Crippen LogP contribution in [0.15, 0.2) is 67.1 Å². The summed E-state index contributed by atoms with van der Waals surface area (Å²) in [6, 6.07) is 18.4. The van der Waals surface area contributed by atoms with Gasteiger partial charge in [-0.2, -0.15) is 0 Å². The molecule has 0 spiro atoms. The van der Waals surface area contributed by atoms with Crippen LogP contribution in [0.1, 0.15) is 18.4 Å². The summed E-state index contributed by atoms with van der Waals surface area (Å²) in [7, 11) is 3.53. The highest BCUT2D eigenvalue weighted by Gasteiger charge is 2.26.